The molecule has 2 aromatic carbocycles. The highest BCUT2D eigenvalue weighted by molar-refractivity contribution is 5.80. The van der Waals surface area contributed by atoms with E-state index in [0.29, 0.717) is 25.1 Å². The van der Waals surface area contributed by atoms with E-state index in [9.17, 15) is 4.79 Å². The summed E-state index contributed by atoms with van der Waals surface area (Å²) in [6, 6.07) is 16.1. The Bertz CT molecular complexity index is 1390. The third-order valence-corrected chi connectivity index (χ3v) is 8.89. The number of imidazole rings is 1. The standard InChI is InChI=1S/C32H43N5O2/c1-22-8-9-24(23-10-12-26(13-11-23)36-17-14-25(15-18-36)34(5)6)20-27(22)29-30(33-4)35(7)31(38)37(29)28-16-19-39-21-32(28,2)3/h8-13,20,25,28H,4,14-19,21H2,1-3,5-7H3. The van der Waals surface area contributed by atoms with Crippen LogP contribution in [0.5, 0.6) is 0 Å². The number of nitrogens with zero attached hydrogens (tertiary/aromatic N) is 5. The Kier molecular flexibility index (Phi) is 7.57. The molecule has 208 valence electrons. The van der Waals surface area contributed by atoms with Crippen molar-refractivity contribution < 1.29 is 4.74 Å². The topological polar surface area (TPSA) is 55.0 Å². The molecule has 0 N–H and O–H groups in total. The van der Waals surface area contributed by atoms with E-state index in [-0.39, 0.29) is 17.1 Å². The summed E-state index contributed by atoms with van der Waals surface area (Å²) in [6.07, 6.45) is 3.17. The predicted octanol–water partition coefficient (Wildman–Crippen LogP) is 5.68. The molecular weight excluding hydrogens is 486 g/mol. The lowest BCUT2D eigenvalue weighted by Gasteiger charge is -2.39. The highest BCUT2D eigenvalue weighted by atomic mass is 16.5. The van der Waals surface area contributed by atoms with Crippen molar-refractivity contribution in [2.45, 2.75) is 52.1 Å². The van der Waals surface area contributed by atoms with Crippen molar-refractivity contribution in [1.29, 1.82) is 0 Å². The van der Waals surface area contributed by atoms with Gasteiger partial charge in [-0.3, -0.25) is 9.13 Å². The van der Waals surface area contributed by atoms with E-state index in [0.717, 1.165) is 47.5 Å². The molecular formula is C32H43N5O2. The second-order valence-corrected chi connectivity index (χ2v) is 12.1. The molecule has 1 aromatic heterocycles. The molecule has 1 atom stereocenters. The molecule has 0 radical (unpaired) electrons. The van der Waals surface area contributed by atoms with Gasteiger partial charge in [-0.2, -0.15) is 0 Å². The second kappa shape index (κ2) is 10.8. The zero-order valence-electron chi connectivity index (χ0n) is 24.4. The summed E-state index contributed by atoms with van der Waals surface area (Å²) in [5.74, 6) is 0.610. The summed E-state index contributed by atoms with van der Waals surface area (Å²) in [4.78, 5) is 22.8. The van der Waals surface area contributed by atoms with E-state index in [1.807, 2.05) is 4.57 Å². The molecule has 0 saturated carbocycles. The van der Waals surface area contributed by atoms with E-state index in [1.165, 1.54) is 18.5 Å². The van der Waals surface area contributed by atoms with Crippen LogP contribution in [0, 0.1) is 12.3 Å². The molecule has 0 bridgehead atoms. The molecule has 5 rings (SSSR count). The van der Waals surface area contributed by atoms with Gasteiger partial charge in [-0.05, 0) is 81.9 Å². The summed E-state index contributed by atoms with van der Waals surface area (Å²) >= 11 is 0. The van der Waals surface area contributed by atoms with Crippen LogP contribution < -0.4 is 10.6 Å². The highest BCUT2D eigenvalue weighted by Crippen LogP contribution is 2.43. The van der Waals surface area contributed by atoms with Crippen LogP contribution in [0.2, 0.25) is 0 Å². The first-order valence-corrected chi connectivity index (χ1v) is 14.1. The number of aryl methyl sites for hydroxylation is 1. The fourth-order valence-electron chi connectivity index (χ4n) is 6.39. The van der Waals surface area contributed by atoms with Gasteiger partial charge in [-0.25, -0.2) is 9.79 Å². The molecule has 7 nitrogen and oxygen atoms in total. The Morgan fingerprint density at radius 1 is 1.03 bits per heavy atom. The van der Waals surface area contributed by atoms with Crippen LogP contribution in [0.4, 0.5) is 11.5 Å². The first kappa shape index (κ1) is 27.4. The number of aromatic nitrogens is 2. The maximum absolute atomic E-state index is 13.6. The maximum atomic E-state index is 13.6. The maximum Gasteiger partial charge on any atom is 0.330 e. The van der Waals surface area contributed by atoms with Crippen LogP contribution in [0.25, 0.3) is 22.4 Å². The van der Waals surface area contributed by atoms with Crippen molar-refractivity contribution in [2.24, 2.45) is 17.5 Å². The molecule has 3 aromatic rings. The van der Waals surface area contributed by atoms with Crippen molar-refractivity contribution in [1.82, 2.24) is 14.0 Å². The Morgan fingerprint density at radius 2 is 1.69 bits per heavy atom. The average Bonchev–Trinajstić information content (AvgIpc) is 3.18. The van der Waals surface area contributed by atoms with E-state index in [2.05, 4.69) is 98.8 Å². The number of ether oxygens (including phenoxy) is 1. The molecule has 39 heavy (non-hydrogen) atoms. The van der Waals surface area contributed by atoms with Gasteiger partial charge in [0.05, 0.1) is 12.3 Å². The first-order valence-electron chi connectivity index (χ1n) is 14.1. The Balaban J connectivity index is 1.51. The molecule has 3 heterocycles. The lowest BCUT2D eigenvalue weighted by Crippen LogP contribution is -2.41. The van der Waals surface area contributed by atoms with E-state index >= 15 is 0 Å². The minimum Gasteiger partial charge on any atom is -0.381 e. The first-order chi connectivity index (χ1) is 18.6. The number of aliphatic imine (C=N–C) groups is 1. The number of hydrogen-bond acceptors (Lipinski definition) is 5. The highest BCUT2D eigenvalue weighted by Gasteiger charge is 2.38. The van der Waals surface area contributed by atoms with E-state index in [4.69, 9.17) is 4.74 Å². The molecule has 0 aliphatic carbocycles. The molecule has 2 aliphatic heterocycles. The summed E-state index contributed by atoms with van der Waals surface area (Å²) in [5, 5.41) is 0. The Hall–Kier alpha value is -3.16. The molecule has 7 heteroatoms. The number of hydrogen-bond donors (Lipinski definition) is 0. The SMILES string of the molecule is C=Nc1c(-c2cc(-c3ccc(N4CCC(N(C)C)CC4)cc3)ccc2C)n(C2CCOCC2(C)C)c(=O)n1C. The molecule has 1 unspecified atom stereocenters. The van der Waals surface area contributed by atoms with Crippen LogP contribution in [0.3, 0.4) is 0 Å². The Morgan fingerprint density at radius 3 is 2.31 bits per heavy atom. The number of rotatable bonds is 6. The predicted molar refractivity (Wildman–Crippen MR) is 162 cm³/mol. The van der Waals surface area contributed by atoms with Gasteiger partial charge >= 0.3 is 5.69 Å². The third kappa shape index (κ3) is 5.10. The van der Waals surface area contributed by atoms with E-state index in [1.54, 1.807) is 11.6 Å². The minimum absolute atomic E-state index is 0.00873. The zero-order chi connectivity index (χ0) is 27.9. The molecule has 2 fully saturated rings. The van der Waals surface area contributed by atoms with E-state index < -0.39 is 0 Å². The summed E-state index contributed by atoms with van der Waals surface area (Å²) in [5.41, 5.74) is 6.29. The number of anilines is 1. The van der Waals surface area contributed by atoms with Gasteiger partial charge in [0.25, 0.3) is 0 Å². The number of benzene rings is 2. The van der Waals surface area contributed by atoms with Crippen molar-refractivity contribution in [3.63, 3.8) is 0 Å². The van der Waals surface area contributed by atoms with Gasteiger partial charge in [0.2, 0.25) is 0 Å². The molecule has 0 amide bonds. The van der Waals surface area contributed by atoms with Gasteiger partial charge < -0.3 is 14.5 Å². The van der Waals surface area contributed by atoms with Crippen molar-refractivity contribution in [2.75, 3.05) is 45.3 Å². The molecule has 2 saturated heterocycles. The smallest absolute Gasteiger partial charge is 0.330 e. The quantitative estimate of drug-likeness (QED) is 0.386. The van der Waals surface area contributed by atoms with Crippen LogP contribution in [-0.4, -0.2) is 67.2 Å². The number of piperidine rings is 1. The van der Waals surface area contributed by atoms with Gasteiger partial charge in [-0.1, -0.05) is 38.1 Å². The van der Waals surface area contributed by atoms with Crippen LogP contribution in [0.1, 0.15) is 44.7 Å². The molecule has 2 aliphatic rings. The summed E-state index contributed by atoms with van der Waals surface area (Å²) in [7, 11) is 6.15. The average molecular weight is 530 g/mol. The molecule has 0 spiro atoms. The van der Waals surface area contributed by atoms with Crippen molar-refractivity contribution in [3.8, 4) is 22.4 Å². The summed E-state index contributed by atoms with van der Waals surface area (Å²) < 4.78 is 9.38. The zero-order valence-corrected chi connectivity index (χ0v) is 24.4. The van der Waals surface area contributed by atoms with Crippen molar-refractivity contribution in [3.05, 3.63) is 58.5 Å². The van der Waals surface area contributed by atoms with Crippen LogP contribution in [-0.2, 0) is 11.8 Å². The third-order valence-electron chi connectivity index (χ3n) is 8.89. The van der Waals surface area contributed by atoms with Crippen LogP contribution in [0.15, 0.2) is 52.3 Å². The fourth-order valence-corrected chi connectivity index (χ4v) is 6.39. The second-order valence-electron chi connectivity index (χ2n) is 12.1. The van der Waals surface area contributed by atoms with Gasteiger partial charge in [0, 0.05) is 55.5 Å². The summed E-state index contributed by atoms with van der Waals surface area (Å²) in [6.45, 7) is 13.7. The van der Waals surface area contributed by atoms with Crippen molar-refractivity contribution >= 4 is 18.2 Å². The van der Waals surface area contributed by atoms with Gasteiger partial charge in [-0.15, -0.1) is 0 Å². The minimum atomic E-state index is -0.182. The normalized spacial score (nSPS) is 20.0. The largest absolute Gasteiger partial charge is 0.381 e. The van der Waals surface area contributed by atoms with Crippen LogP contribution >= 0.6 is 0 Å². The monoisotopic (exact) mass is 529 g/mol. The lowest BCUT2D eigenvalue weighted by molar-refractivity contribution is -0.0261. The lowest BCUT2D eigenvalue weighted by atomic mass is 9.81. The van der Waals surface area contributed by atoms with Gasteiger partial charge in [0.1, 0.15) is 0 Å². The van der Waals surface area contributed by atoms with Gasteiger partial charge in [0.15, 0.2) is 5.82 Å². The fraction of sp³-hybridized carbons (Fsp3) is 0.500. The Labute approximate surface area is 232 Å².